The summed E-state index contributed by atoms with van der Waals surface area (Å²) in [7, 11) is 0. The van der Waals surface area contributed by atoms with Gasteiger partial charge in [0.1, 0.15) is 0 Å². The maximum atomic E-state index is 11.5. The van der Waals surface area contributed by atoms with Crippen LogP contribution in [0.5, 0.6) is 0 Å². The number of nitrogens with zero attached hydrogens (tertiary/aromatic N) is 1. The molecule has 0 bridgehead atoms. The predicted octanol–water partition coefficient (Wildman–Crippen LogP) is 4.07. The number of carboxylic acids is 1. The number of hydrogen-bond donors (Lipinski definition) is 2. The normalized spacial score (nSPS) is 11.6. The molecule has 0 aliphatic rings. The number of aromatic nitrogens is 1. The first kappa shape index (κ1) is 17.5. The highest BCUT2D eigenvalue weighted by Crippen LogP contribution is 2.34. The molecule has 0 aliphatic heterocycles. The first-order valence-corrected chi connectivity index (χ1v) is 8.51. The second kappa shape index (κ2) is 7.18. The molecule has 0 unspecified atom stereocenters. The van der Waals surface area contributed by atoms with Crippen molar-refractivity contribution < 1.29 is 9.90 Å². The monoisotopic (exact) mass is 316 g/mol. The molecular weight excluding hydrogens is 288 g/mol. The number of benzene rings is 1. The minimum absolute atomic E-state index is 0.275. The highest BCUT2D eigenvalue weighted by molar-refractivity contribution is 5.97. The van der Waals surface area contributed by atoms with Gasteiger partial charge in [0.25, 0.3) is 0 Å². The maximum Gasteiger partial charge on any atom is 0.335 e. The minimum atomic E-state index is -0.869. The first-order valence-electron chi connectivity index (χ1n) is 8.51. The average Bonchev–Trinajstić information content (AvgIpc) is 2.77. The Morgan fingerprint density at radius 3 is 2.57 bits per heavy atom. The molecule has 2 rings (SSSR count). The van der Waals surface area contributed by atoms with Crippen LogP contribution in [0.3, 0.4) is 0 Å². The van der Waals surface area contributed by atoms with Crippen molar-refractivity contribution in [1.29, 1.82) is 0 Å². The Labute approximate surface area is 138 Å². The molecule has 1 aromatic heterocycles. The largest absolute Gasteiger partial charge is 0.478 e. The molecule has 1 aromatic carbocycles. The molecule has 126 valence electrons. The number of carbonyl (C=O) groups is 1. The summed E-state index contributed by atoms with van der Waals surface area (Å²) in [6, 6.07) is 3.66. The third-order valence-electron chi connectivity index (χ3n) is 4.57. The summed E-state index contributed by atoms with van der Waals surface area (Å²) in [5.74, 6) is -0.594. The maximum absolute atomic E-state index is 11.5. The number of aryl methyl sites for hydroxylation is 1. The van der Waals surface area contributed by atoms with Crippen molar-refractivity contribution in [3.63, 3.8) is 0 Å². The summed E-state index contributed by atoms with van der Waals surface area (Å²) in [6.45, 7) is 10.1. The highest BCUT2D eigenvalue weighted by Gasteiger charge is 2.20. The molecule has 0 spiro atoms. The Morgan fingerprint density at radius 1 is 1.35 bits per heavy atom. The Kier molecular flexibility index (Phi) is 5.47. The number of hydrogen-bond acceptors (Lipinski definition) is 2. The second-order valence-corrected chi connectivity index (χ2v) is 6.53. The van der Waals surface area contributed by atoms with Gasteiger partial charge < -0.3 is 15.4 Å². The number of aromatic carboxylic acids is 1. The Morgan fingerprint density at radius 2 is 2.04 bits per heavy atom. The Balaban J connectivity index is 2.83. The molecule has 0 amide bonds. The smallest absolute Gasteiger partial charge is 0.335 e. The van der Waals surface area contributed by atoms with Crippen molar-refractivity contribution >= 4 is 16.9 Å². The molecule has 4 heteroatoms. The first-order chi connectivity index (χ1) is 10.9. The van der Waals surface area contributed by atoms with Crippen molar-refractivity contribution in [3.05, 3.63) is 34.5 Å². The standard InChI is InChI=1S/C19H28N2O2/c1-5-6-9-21-13(4)15(7-8-20)17-11-14(19(22)23)10-16(12(2)3)18(17)21/h10-12H,5-9,20H2,1-4H3,(H,22,23). The fourth-order valence-electron chi connectivity index (χ4n) is 3.33. The molecule has 3 N–H and O–H groups in total. The van der Waals surface area contributed by atoms with Gasteiger partial charge in [-0.15, -0.1) is 0 Å². The van der Waals surface area contributed by atoms with Gasteiger partial charge >= 0.3 is 5.97 Å². The van der Waals surface area contributed by atoms with Crippen LogP contribution in [0.4, 0.5) is 0 Å². The fraction of sp³-hybridized carbons (Fsp3) is 0.526. The van der Waals surface area contributed by atoms with E-state index >= 15 is 0 Å². The molecule has 0 saturated carbocycles. The average molecular weight is 316 g/mol. The van der Waals surface area contributed by atoms with Gasteiger partial charge in [0.05, 0.1) is 11.1 Å². The number of nitrogens with two attached hydrogens (primary N) is 1. The lowest BCUT2D eigenvalue weighted by Gasteiger charge is -2.14. The predicted molar refractivity (Wildman–Crippen MR) is 95.4 cm³/mol. The topological polar surface area (TPSA) is 68.2 Å². The van der Waals surface area contributed by atoms with Gasteiger partial charge in [-0.3, -0.25) is 0 Å². The Bertz CT molecular complexity index is 714. The van der Waals surface area contributed by atoms with E-state index in [0.29, 0.717) is 12.1 Å². The van der Waals surface area contributed by atoms with Crippen LogP contribution in [-0.2, 0) is 13.0 Å². The van der Waals surface area contributed by atoms with E-state index < -0.39 is 5.97 Å². The number of fused-ring (bicyclic) bond motifs is 1. The van der Waals surface area contributed by atoms with Crippen molar-refractivity contribution in [1.82, 2.24) is 4.57 Å². The van der Waals surface area contributed by atoms with E-state index in [9.17, 15) is 9.90 Å². The van der Waals surface area contributed by atoms with Crippen molar-refractivity contribution in [2.45, 2.75) is 59.4 Å². The molecule has 0 fully saturated rings. The van der Waals surface area contributed by atoms with Gasteiger partial charge in [0.15, 0.2) is 0 Å². The van der Waals surface area contributed by atoms with Crippen LogP contribution in [0, 0.1) is 6.92 Å². The zero-order valence-corrected chi connectivity index (χ0v) is 14.6. The van der Waals surface area contributed by atoms with E-state index in [4.69, 9.17) is 5.73 Å². The number of carboxylic acid groups (broad SMARTS) is 1. The summed E-state index contributed by atoms with van der Waals surface area (Å²) in [5.41, 5.74) is 10.9. The van der Waals surface area contributed by atoms with Crippen molar-refractivity contribution in [3.8, 4) is 0 Å². The van der Waals surface area contributed by atoms with Gasteiger partial charge in [-0.2, -0.15) is 0 Å². The van der Waals surface area contributed by atoms with Gasteiger partial charge in [-0.05, 0) is 55.5 Å². The van der Waals surface area contributed by atoms with Crippen LogP contribution >= 0.6 is 0 Å². The lowest BCUT2D eigenvalue weighted by molar-refractivity contribution is 0.0697. The van der Waals surface area contributed by atoms with Gasteiger partial charge in [0, 0.05) is 17.6 Å². The molecule has 0 radical (unpaired) electrons. The third kappa shape index (κ3) is 3.27. The van der Waals surface area contributed by atoms with E-state index in [2.05, 4.69) is 32.3 Å². The van der Waals surface area contributed by atoms with Crippen LogP contribution < -0.4 is 5.73 Å². The molecule has 0 atom stereocenters. The van der Waals surface area contributed by atoms with Gasteiger partial charge in [0.2, 0.25) is 0 Å². The van der Waals surface area contributed by atoms with E-state index in [0.717, 1.165) is 36.8 Å². The van der Waals surface area contributed by atoms with Crippen LogP contribution in [-0.4, -0.2) is 22.2 Å². The summed E-state index contributed by atoms with van der Waals surface area (Å²) >= 11 is 0. The van der Waals surface area contributed by atoms with Crippen LogP contribution in [0.2, 0.25) is 0 Å². The third-order valence-corrected chi connectivity index (χ3v) is 4.57. The summed E-state index contributed by atoms with van der Waals surface area (Å²) in [5, 5.41) is 10.5. The summed E-state index contributed by atoms with van der Waals surface area (Å²) in [6.07, 6.45) is 3.03. The molecule has 1 heterocycles. The number of rotatable bonds is 7. The molecule has 4 nitrogen and oxygen atoms in total. The Hall–Kier alpha value is -1.81. The zero-order chi connectivity index (χ0) is 17.1. The van der Waals surface area contributed by atoms with E-state index in [1.54, 1.807) is 0 Å². The van der Waals surface area contributed by atoms with Gasteiger partial charge in [-0.25, -0.2) is 4.79 Å². The quantitative estimate of drug-likeness (QED) is 0.809. The van der Waals surface area contributed by atoms with Crippen molar-refractivity contribution in [2.24, 2.45) is 5.73 Å². The SMILES string of the molecule is CCCCn1c(C)c(CCN)c2cc(C(=O)O)cc(C(C)C)c21. The molecule has 0 aliphatic carbocycles. The van der Waals surface area contributed by atoms with Crippen LogP contribution in [0.1, 0.15) is 66.7 Å². The number of unbranched alkanes of at least 4 members (excludes halogenated alkanes) is 1. The van der Waals surface area contributed by atoms with Crippen molar-refractivity contribution in [2.75, 3.05) is 6.54 Å². The second-order valence-electron chi connectivity index (χ2n) is 6.53. The summed E-state index contributed by atoms with van der Waals surface area (Å²) in [4.78, 5) is 11.5. The molecule has 0 saturated heterocycles. The molecule has 23 heavy (non-hydrogen) atoms. The van der Waals surface area contributed by atoms with Crippen LogP contribution in [0.15, 0.2) is 12.1 Å². The fourth-order valence-corrected chi connectivity index (χ4v) is 3.33. The van der Waals surface area contributed by atoms with E-state index in [1.165, 1.54) is 16.8 Å². The van der Waals surface area contributed by atoms with Gasteiger partial charge in [-0.1, -0.05) is 27.2 Å². The van der Waals surface area contributed by atoms with Crippen LogP contribution in [0.25, 0.3) is 10.9 Å². The zero-order valence-electron chi connectivity index (χ0n) is 14.6. The van der Waals surface area contributed by atoms with E-state index in [1.807, 2.05) is 12.1 Å². The molecular formula is C19H28N2O2. The highest BCUT2D eigenvalue weighted by atomic mass is 16.4. The van der Waals surface area contributed by atoms with E-state index in [-0.39, 0.29) is 5.92 Å². The summed E-state index contributed by atoms with van der Waals surface area (Å²) < 4.78 is 2.37. The lowest BCUT2D eigenvalue weighted by Crippen LogP contribution is -2.06. The molecule has 2 aromatic rings. The minimum Gasteiger partial charge on any atom is -0.478 e. The lowest BCUT2D eigenvalue weighted by atomic mass is 9.95.